The number of fused-ring (bicyclic) bond motifs is 1. The van der Waals surface area contributed by atoms with Gasteiger partial charge in [0, 0.05) is 23.5 Å². The molecule has 1 N–H and O–H groups in total. The van der Waals surface area contributed by atoms with E-state index in [4.69, 9.17) is 4.98 Å². The molecule has 0 amide bonds. The largest absolute Gasteiger partial charge is 0.478 e. The molecule has 0 unspecified atom stereocenters. The number of aromatic carboxylic acids is 1. The number of carboxylic acids is 1. The summed E-state index contributed by atoms with van der Waals surface area (Å²) < 4.78 is 0. The highest BCUT2D eigenvalue weighted by Gasteiger charge is 2.26. The number of nitrogens with zero attached hydrogens (tertiary/aromatic N) is 3. The monoisotopic (exact) mass is 357 g/mol. The second-order valence-corrected chi connectivity index (χ2v) is 8.10. The Labute approximate surface area is 151 Å². The molecule has 1 saturated heterocycles. The van der Waals surface area contributed by atoms with Gasteiger partial charge < -0.3 is 5.11 Å². The molecule has 1 fully saturated rings. The van der Waals surface area contributed by atoms with Gasteiger partial charge >= 0.3 is 5.97 Å². The van der Waals surface area contributed by atoms with Crippen molar-refractivity contribution in [2.45, 2.75) is 51.0 Å². The minimum absolute atomic E-state index is 0.317. The van der Waals surface area contributed by atoms with Crippen LogP contribution in [-0.2, 0) is 19.4 Å². The Bertz CT molecular complexity index is 742. The molecule has 25 heavy (non-hydrogen) atoms. The third-order valence-electron chi connectivity index (χ3n) is 5.29. The first kappa shape index (κ1) is 16.7. The predicted octanol–water partition coefficient (Wildman–Crippen LogP) is 3.49. The first-order valence-electron chi connectivity index (χ1n) is 9.08. The summed E-state index contributed by atoms with van der Waals surface area (Å²) in [7, 11) is 0. The molecule has 0 bridgehead atoms. The van der Waals surface area contributed by atoms with Crippen LogP contribution in [0.5, 0.6) is 0 Å². The van der Waals surface area contributed by atoms with E-state index in [1.165, 1.54) is 34.8 Å². The average Bonchev–Trinajstić information content (AvgIpc) is 3.07. The Hall–Kier alpha value is -1.79. The van der Waals surface area contributed by atoms with E-state index in [9.17, 15) is 9.90 Å². The molecule has 1 aliphatic carbocycles. The molecule has 4 rings (SSSR count). The maximum atomic E-state index is 11.3. The first-order valence-corrected chi connectivity index (χ1v) is 9.90. The van der Waals surface area contributed by atoms with Gasteiger partial charge in [-0.25, -0.2) is 9.78 Å². The summed E-state index contributed by atoms with van der Waals surface area (Å²) in [4.78, 5) is 24.4. The van der Waals surface area contributed by atoms with Crippen molar-refractivity contribution in [3.05, 3.63) is 45.2 Å². The van der Waals surface area contributed by atoms with E-state index in [2.05, 4.69) is 9.88 Å². The molecule has 2 aliphatic rings. The Morgan fingerprint density at radius 3 is 2.84 bits per heavy atom. The zero-order chi connectivity index (χ0) is 17.2. The zero-order valence-electron chi connectivity index (χ0n) is 14.3. The molecule has 5 nitrogen and oxygen atoms in total. The third-order valence-corrected chi connectivity index (χ3v) is 6.61. The van der Waals surface area contributed by atoms with Gasteiger partial charge in [0.25, 0.3) is 0 Å². The molecule has 0 aromatic carbocycles. The molecule has 2 aromatic rings. The molecule has 6 heteroatoms. The molecule has 0 spiro atoms. The highest BCUT2D eigenvalue weighted by Crippen LogP contribution is 2.35. The smallest absolute Gasteiger partial charge is 0.337 e. The van der Waals surface area contributed by atoms with E-state index in [1.54, 1.807) is 18.3 Å². The fraction of sp³-hybridized carbons (Fsp3) is 0.526. The van der Waals surface area contributed by atoms with E-state index in [0.717, 1.165) is 32.4 Å². The molecular formula is C19H23N3O2S. The SMILES string of the molecule is O=C(O)c1cccnc1CN1CCC(c2nc3c(s2)CCCC3)CC1. The van der Waals surface area contributed by atoms with E-state index in [0.29, 0.717) is 23.7 Å². The van der Waals surface area contributed by atoms with Crippen LogP contribution >= 0.6 is 11.3 Å². The average molecular weight is 357 g/mol. The second-order valence-electron chi connectivity index (χ2n) is 6.98. The van der Waals surface area contributed by atoms with Crippen molar-refractivity contribution in [2.75, 3.05) is 13.1 Å². The van der Waals surface area contributed by atoms with Crippen LogP contribution in [-0.4, -0.2) is 39.0 Å². The lowest BCUT2D eigenvalue weighted by Crippen LogP contribution is -2.33. The van der Waals surface area contributed by atoms with Crippen molar-refractivity contribution in [1.82, 2.24) is 14.9 Å². The normalized spacial score (nSPS) is 18.9. The van der Waals surface area contributed by atoms with Crippen LogP contribution in [0, 0.1) is 0 Å². The lowest BCUT2D eigenvalue weighted by molar-refractivity contribution is 0.0693. The molecule has 0 radical (unpaired) electrons. The number of hydrogen-bond acceptors (Lipinski definition) is 5. The topological polar surface area (TPSA) is 66.3 Å². The number of likely N-dealkylation sites (tertiary alicyclic amines) is 1. The lowest BCUT2D eigenvalue weighted by atomic mass is 9.97. The summed E-state index contributed by atoms with van der Waals surface area (Å²) in [6.07, 6.45) is 8.83. The van der Waals surface area contributed by atoms with Crippen LogP contribution < -0.4 is 0 Å². The minimum atomic E-state index is -0.897. The van der Waals surface area contributed by atoms with Crippen LogP contribution in [0.15, 0.2) is 18.3 Å². The number of pyridine rings is 1. The fourth-order valence-corrected chi connectivity index (χ4v) is 5.18. The molecule has 0 atom stereocenters. The van der Waals surface area contributed by atoms with Gasteiger partial charge in [-0.3, -0.25) is 9.88 Å². The Morgan fingerprint density at radius 1 is 1.28 bits per heavy atom. The standard InChI is InChI=1S/C19H23N3O2S/c23-19(24)14-4-3-9-20-16(14)12-22-10-7-13(8-11-22)18-21-15-5-1-2-6-17(15)25-18/h3-4,9,13H,1-2,5-8,10-12H2,(H,23,24). The van der Waals surface area contributed by atoms with Crippen LogP contribution in [0.3, 0.4) is 0 Å². The van der Waals surface area contributed by atoms with Gasteiger partial charge in [0.05, 0.1) is 22.0 Å². The molecular weight excluding hydrogens is 334 g/mol. The van der Waals surface area contributed by atoms with Crippen molar-refractivity contribution in [3.63, 3.8) is 0 Å². The highest BCUT2D eigenvalue weighted by molar-refractivity contribution is 7.11. The summed E-state index contributed by atoms with van der Waals surface area (Å²) >= 11 is 1.93. The number of aryl methyl sites for hydroxylation is 2. The van der Waals surface area contributed by atoms with Gasteiger partial charge in [-0.2, -0.15) is 0 Å². The molecule has 3 heterocycles. The Morgan fingerprint density at radius 2 is 2.08 bits per heavy atom. The summed E-state index contributed by atoms with van der Waals surface area (Å²) in [5.74, 6) is -0.333. The number of thiazole rings is 1. The van der Waals surface area contributed by atoms with Crippen molar-refractivity contribution in [3.8, 4) is 0 Å². The van der Waals surface area contributed by atoms with E-state index >= 15 is 0 Å². The maximum absolute atomic E-state index is 11.3. The summed E-state index contributed by atoms with van der Waals surface area (Å²) in [6, 6.07) is 3.32. The van der Waals surface area contributed by atoms with Crippen molar-refractivity contribution in [1.29, 1.82) is 0 Å². The summed E-state index contributed by atoms with van der Waals surface area (Å²) in [6.45, 7) is 2.57. The van der Waals surface area contributed by atoms with Crippen molar-refractivity contribution in [2.24, 2.45) is 0 Å². The van der Waals surface area contributed by atoms with Crippen LogP contribution in [0.25, 0.3) is 0 Å². The van der Waals surface area contributed by atoms with Crippen molar-refractivity contribution >= 4 is 17.3 Å². The number of carboxylic acid groups (broad SMARTS) is 1. The van der Waals surface area contributed by atoms with Crippen LogP contribution in [0.4, 0.5) is 0 Å². The number of rotatable bonds is 4. The summed E-state index contributed by atoms with van der Waals surface area (Å²) in [5, 5.41) is 10.6. The summed E-state index contributed by atoms with van der Waals surface area (Å²) in [5.41, 5.74) is 2.34. The van der Waals surface area contributed by atoms with E-state index in [1.807, 2.05) is 11.3 Å². The highest BCUT2D eigenvalue weighted by atomic mass is 32.1. The molecule has 2 aromatic heterocycles. The van der Waals surface area contributed by atoms with Crippen LogP contribution in [0.1, 0.15) is 63.2 Å². The lowest BCUT2D eigenvalue weighted by Gasteiger charge is -2.31. The number of aromatic nitrogens is 2. The maximum Gasteiger partial charge on any atom is 0.337 e. The Balaban J connectivity index is 1.39. The number of carbonyl (C=O) groups is 1. The predicted molar refractivity (Wildman–Crippen MR) is 97.2 cm³/mol. The van der Waals surface area contributed by atoms with Gasteiger partial charge in [0.2, 0.25) is 0 Å². The molecule has 132 valence electrons. The third kappa shape index (κ3) is 3.60. The second kappa shape index (κ2) is 7.22. The number of hydrogen-bond donors (Lipinski definition) is 1. The minimum Gasteiger partial charge on any atom is -0.478 e. The zero-order valence-corrected chi connectivity index (χ0v) is 15.1. The van der Waals surface area contributed by atoms with E-state index in [-0.39, 0.29) is 0 Å². The van der Waals surface area contributed by atoms with Gasteiger partial charge in [0.1, 0.15) is 0 Å². The quantitative estimate of drug-likeness (QED) is 0.907. The van der Waals surface area contributed by atoms with Gasteiger partial charge in [-0.15, -0.1) is 11.3 Å². The van der Waals surface area contributed by atoms with Crippen LogP contribution in [0.2, 0.25) is 0 Å². The van der Waals surface area contributed by atoms with Gasteiger partial charge in [-0.1, -0.05) is 0 Å². The van der Waals surface area contributed by atoms with Crippen molar-refractivity contribution < 1.29 is 9.90 Å². The van der Waals surface area contributed by atoms with Gasteiger partial charge in [0.15, 0.2) is 0 Å². The number of piperidine rings is 1. The van der Waals surface area contributed by atoms with Gasteiger partial charge in [-0.05, 0) is 63.7 Å². The fourth-order valence-electron chi connectivity index (χ4n) is 3.86. The van der Waals surface area contributed by atoms with E-state index < -0.39 is 5.97 Å². The molecule has 1 aliphatic heterocycles. The molecule has 0 saturated carbocycles. The Kier molecular flexibility index (Phi) is 4.81. The first-order chi connectivity index (χ1) is 12.2.